The highest BCUT2D eigenvalue weighted by Gasteiger charge is 2.19. The smallest absolute Gasteiger partial charge is 0.162 e. The topological polar surface area (TPSA) is 49.8 Å². The first kappa shape index (κ1) is 15.6. The average Bonchev–Trinajstić information content (AvgIpc) is 2.48. The number of morpholine rings is 1. The van der Waals surface area contributed by atoms with Crippen LogP contribution in [0.15, 0.2) is 28.7 Å². The summed E-state index contributed by atoms with van der Waals surface area (Å²) in [6.07, 6.45) is 1.32. The molecule has 0 aliphatic carbocycles. The van der Waals surface area contributed by atoms with E-state index >= 15 is 0 Å². The summed E-state index contributed by atoms with van der Waals surface area (Å²) in [5, 5.41) is 9.08. The quantitative estimate of drug-likeness (QED) is 0.805. The van der Waals surface area contributed by atoms with Crippen LogP contribution >= 0.6 is 15.9 Å². The molecule has 1 aromatic carbocycles. The van der Waals surface area contributed by atoms with Crippen LogP contribution in [0, 0.1) is 0 Å². The number of Topliss-reactive ketones (excluding diaryl/α,β-unsaturated/α-hetero) is 1. The molecule has 1 unspecified atom stereocenters. The third-order valence-electron chi connectivity index (χ3n) is 3.47. The van der Waals surface area contributed by atoms with Gasteiger partial charge < -0.3 is 9.84 Å². The van der Waals surface area contributed by atoms with Gasteiger partial charge in [0.2, 0.25) is 0 Å². The molecule has 5 heteroatoms. The molecule has 2 rings (SSSR count). The normalized spacial score (nSPS) is 20.0. The molecule has 1 heterocycles. The van der Waals surface area contributed by atoms with E-state index in [9.17, 15) is 4.79 Å². The second-order valence-electron chi connectivity index (χ2n) is 5.01. The Hall–Kier alpha value is -0.750. The summed E-state index contributed by atoms with van der Waals surface area (Å²) in [6.45, 7) is 3.23. The lowest BCUT2D eigenvalue weighted by Gasteiger charge is -2.31. The van der Waals surface area contributed by atoms with Crippen LogP contribution in [-0.4, -0.2) is 54.7 Å². The number of hydrogen-bond acceptors (Lipinski definition) is 4. The van der Waals surface area contributed by atoms with Crippen molar-refractivity contribution in [2.45, 2.75) is 18.9 Å². The van der Waals surface area contributed by atoms with Crippen LogP contribution in [-0.2, 0) is 4.74 Å². The van der Waals surface area contributed by atoms with Crippen molar-refractivity contribution >= 4 is 21.7 Å². The predicted molar refractivity (Wildman–Crippen MR) is 81.0 cm³/mol. The van der Waals surface area contributed by atoms with E-state index in [0.717, 1.165) is 36.1 Å². The molecule has 0 radical (unpaired) electrons. The SMILES string of the molecule is O=C(CCCN1CCOC(CO)C1)c1ccc(Br)cc1. The Morgan fingerprint density at radius 2 is 2.15 bits per heavy atom. The first-order chi connectivity index (χ1) is 9.69. The molecular formula is C15H20BrNO3. The Balaban J connectivity index is 1.72. The zero-order valence-corrected chi connectivity index (χ0v) is 13.0. The van der Waals surface area contributed by atoms with Crippen LogP contribution in [0.2, 0.25) is 0 Å². The molecule has 1 aliphatic rings. The molecule has 20 heavy (non-hydrogen) atoms. The largest absolute Gasteiger partial charge is 0.394 e. The highest BCUT2D eigenvalue weighted by atomic mass is 79.9. The van der Waals surface area contributed by atoms with Gasteiger partial charge in [-0.1, -0.05) is 28.1 Å². The molecule has 0 aromatic heterocycles. The molecule has 110 valence electrons. The lowest BCUT2D eigenvalue weighted by Crippen LogP contribution is -2.44. The molecule has 1 aliphatic heterocycles. The molecule has 0 spiro atoms. The van der Waals surface area contributed by atoms with E-state index in [1.165, 1.54) is 0 Å². The summed E-state index contributed by atoms with van der Waals surface area (Å²) in [5.41, 5.74) is 0.767. The number of halogens is 1. The van der Waals surface area contributed by atoms with Crippen LogP contribution in [0.1, 0.15) is 23.2 Å². The number of benzene rings is 1. The Morgan fingerprint density at radius 3 is 2.85 bits per heavy atom. The average molecular weight is 342 g/mol. The fourth-order valence-corrected chi connectivity index (χ4v) is 2.60. The molecule has 0 amide bonds. The van der Waals surface area contributed by atoms with E-state index in [-0.39, 0.29) is 18.5 Å². The van der Waals surface area contributed by atoms with Gasteiger partial charge in [-0.3, -0.25) is 9.69 Å². The molecule has 1 aromatic rings. The van der Waals surface area contributed by atoms with E-state index in [1.54, 1.807) is 0 Å². The van der Waals surface area contributed by atoms with Crippen LogP contribution in [0.3, 0.4) is 0 Å². The van der Waals surface area contributed by atoms with Crippen molar-refractivity contribution in [1.29, 1.82) is 0 Å². The molecular weight excluding hydrogens is 322 g/mol. The van der Waals surface area contributed by atoms with Gasteiger partial charge in [0.05, 0.1) is 19.3 Å². The van der Waals surface area contributed by atoms with Gasteiger partial charge in [-0.2, -0.15) is 0 Å². The second-order valence-corrected chi connectivity index (χ2v) is 5.93. The first-order valence-corrected chi connectivity index (χ1v) is 7.72. The maximum atomic E-state index is 12.0. The molecule has 4 nitrogen and oxygen atoms in total. The number of hydrogen-bond donors (Lipinski definition) is 1. The fraction of sp³-hybridized carbons (Fsp3) is 0.533. The van der Waals surface area contributed by atoms with Gasteiger partial charge in [0.25, 0.3) is 0 Å². The highest BCUT2D eigenvalue weighted by molar-refractivity contribution is 9.10. The van der Waals surface area contributed by atoms with Gasteiger partial charge in [0.15, 0.2) is 5.78 Å². The number of rotatable bonds is 6. The molecule has 1 N–H and O–H groups in total. The highest BCUT2D eigenvalue weighted by Crippen LogP contribution is 2.13. The summed E-state index contributed by atoms with van der Waals surface area (Å²) in [4.78, 5) is 14.3. The van der Waals surface area contributed by atoms with Gasteiger partial charge >= 0.3 is 0 Å². The summed E-state index contributed by atoms with van der Waals surface area (Å²) >= 11 is 3.36. The number of nitrogens with zero attached hydrogens (tertiary/aromatic N) is 1. The van der Waals surface area contributed by atoms with E-state index in [4.69, 9.17) is 9.84 Å². The van der Waals surface area contributed by atoms with Crippen molar-refractivity contribution in [2.75, 3.05) is 32.8 Å². The minimum absolute atomic E-state index is 0.0638. The standard InChI is InChI=1S/C15H20BrNO3/c16-13-5-3-12(4-6-13)15(19)2-1-7-17-8-9-20-14(10-17)11-18/h3-6,14,18H,1-2,7-11H2. The van der Waals surface area contributed by atoms with Crippen molar-refractivity contribution < 1.29 is 14.6 Å². The fourth-order valence-electron chi connectivity index (χ4n) is 2.34. The Bertz CT molecular complexity index is 435. The predicted octanol–water partition coefficient (Wildman–Crippen LogP) is 2.11. The zero-order chi connectivity index (χ0) is 14.4. The van der Waals surface area contributed by atoms with Crippen LogP contribution in [0.25, 0.3) is 0 Å². The number of aliphatic hydroxyl groups is 1. The van der Waals surface area contributed by atoms with Gasteiger partial charge in [-0.25, -0.2) is 0 Å². The maximum Gasteiger partial charge on any atom is 0.162 e. The zero-order valence-electron chi connectivity index (χ0n) is 11.4. The number of ether oxygens (including phenoxy) is 1. The first-order valence-electron chi connectivity index (χ1n) is 6.92. The molecule has 0 saturated carbocycles. The molecule has 1 fully saturated rings. The van der Waals surface area contributed by atoms with Gasteiger partial charge in [0.1, 0.15) is 0 Å². The van der Waals surface area contributed by atoms with Gasteiger partial charge in [-0.15, -0.1) is 0 Å². The Kier molecular flexibility index (Phi) is 6.16. The van der Waals surface area contributed by atoms with E-state index < -0.39 is 0 Å². The van der Waals surface area contributed by atoms with Crippen molar-refractivity contribution in [1.82, 2.24) is 4.90 Å². The monoisotopic (exact) mass is 341 g/mol. The van der Waals surface area contributed by atoms with Crippen molar-refractivity contribution in [3.05, 3.63) is 34.3 Å². The third kappa shape index (κ3) is 4.66. The van der Waals surface area contributed by atoms with Gasteiger partial charge in [-0.05, 0) is 25.1 Å². The maximum absolute atomic E-state index is 12.0. The molecule has 1 saturated heterocycles. The lowest BCUT2D eigenvalue weighted by molar-refractivity contribution is -0.0527. The number of ketones is 1. The molecule has 0 bridgehead atoms. The third-order valence-corrected chi connectivity index (χ3v) is 4.00. The summed E-state index contributed by atoms with van der Waals surface area (Å²) < 4.78 is 6.39. The number of aliphatic hydroxyl groups excluding tert-OH is 1. The minimum atomic E-state index is -0.0778. The van der Waals surface area contributed by atoms with Crippen LogP contribution in [0.4, 0.5) is 0 Å². The summed E-state index contributed by atoms with van der Waals surface area (Å²) in [6, 6.07) is 7.48. The van der Waals surface area contributed by atoms with E-state index in [0.29, 0.717) is 13.0 Å². The van der Waals surface area contributed by atoms with Crippen molar-refractivity contribution in [2.24, 2.45) is 0 Å². The van der Waals surface area contributed by atoms with Crippen molar-refractivity contribution in [3.63, 3.8) is 0 Å². The Morgan fingerprint density at radius 1 is 1.40 bits per heavy atom. The lowest BCUT2D eigenvalue weighted by atomic mass is 10.1. The van der Waals surface area contributed by atoms with E-state index in [1.807, 2.05) is 24.3 Å². The number of carbonyl (C=O) groups excluding carboxylic acids is 1. The second kappa shape index (κ2) is 7.88. The summed E-state index contributed by atoms with van der Waals surface area (Å²) in [5.74, 6) is 0.185. The summed E-state index contributed by atoms with van der Waals surface area (Å²) in [7, 11) is 0. The van der Waals surface area contributed by atoms with Crippen molar-refractivity contribution in [3.8, 4) is 0 Å². The van der Waals surface area contributed by atoms with Gasteiger partial charge in [0, 0.05) is 29.5 Å². The van der Waals surface area contributed by atoms with E-state index in [2.05, 4.69) is 20.8 Å². The Labute approximate surface area is 127 Å². The molecule has 1 atom stereocenters. The number of carbonyl (C=O) groups is 1. The minimum Gasteiger partial charge on any atom is -0.394 e. The van der Waals surface area contributed by atoms with Crippen LogP contribution in [0.5, 0.6) is 0 Å². The van der Waals surface area contributed by atoms with Crippen LogP contribution < -0.4 is 0 Å².